The first kappa shape index (κ1) is 14.8. The summed E-state index contributed by atoms with van der Waals surface area (Å²) in [5.41, 5.74) is 4.63. The van der Waals surface area contributed by atoms with Crippen LogP contribution in [0, 0.1) is 5.82 Å². The zero-order valence-electron chi connectivity index (χ0n) is 13.1. The second-order valence-corrected chi connectivity index (χ2v) is 5.59. The number of benzene rings is 2. The lowest BCUT2D eigenvalue weighted by atomic mass is 9.94. The molecule has 0 radical (unpaired) electrons. The molecule has 3 rings (SSSR count). The molecular formula is C19H21FNO+. The van der Waals surface area contributed by atoms with Crippen molar-refractivity contribution in [2.75, 3.05) is 13.7 Å². The molecular weight excluding hydrogens is 277 g/mol. The molecule has 2 nitrogen and oxygen atoms in total. The van der Waals surface area contributed by atoms with Gasteiger partial charge in [0.1, 0.15) is 18.1 Å². The lowest BCUT2D eigenvalue weighted by molar-refractivity contribution is -0.546. The topological polar surface area (TPSA) is 12.2 Å². The molecule has 0 aliphatic carbocycles. The van der Waals surface area contributed by atoms with Gasteiger partial charge >= 0.3 is 0 Å². The van der Waals surface area contributed by atoms with Gasteiger partial charge in [-0.05, 0) is 35.9 Å². The van der Waals surface area contributed by atoms with E-state index in [4.69, 9.17) is 4.74 Å². The average molecular weight is 298 g/mol. The van der Waals surface area contributed by atoms with Crippen LogP contribution in [0.4, 0.5) is 4.39 Å². The zero-order chi connectivity index (χ0) is 15.5. The van der Waals surface area contributed by atoms with E-state index in [1.807, 2.05) is 18.2 Å². The summed E-state index contributed by atoms with van der Waals surface area (Å²) in [6, 6.07) is 13.3. The smallest absolute Gasteiger partial charge is 0.183 e. The lowest BCUT2D eigenvalue weighted by Gasteiger charge is -2.19. The van der Waals surface area contributed by atoms with Gasteiger partial charge in [-0.25, -0.2) is 8.97 Å². The average Bonchev–Trinajstić information content (AvgIpc) is 2.56. The Balaban J connectivity index is 1.99. The Morgan fingerprint density at radius 3 is 2.73 bits per heavy atom. The second kappa shape index (κ2) is 6.30. The minimum atomic E-state index is -0.126. The molecule has 3 heteroatoms. The normalized spacial score (nSPS) is 14.0. The van der Waals surface area contributed by atoms with Crippen LogP contribution in [0.1, 0.15) is 30.0 Å². The van der Waals surface area contributed by atoms with Gasteiger partial charge in [0, 0.05) is 18.4 Å². The summed E-state index contributed by atoms with van der Waals surface area (Å²) >= 11 is 0. The van der Waals surface area contributed by atoms with Gasteiger partial charge in [-0.15, -0.1) is 0 Å². The zero-order valence-corrected chi connectivity index (χ0v) is 13.1. The van der Waals surface area contributed by atoms with Crippen LogP contribution in [0.3, 0.4) is 0 Å². The fourth-order valence-electron chi connectivity index (χ4n) is 3.17. The van der Waals surface area contributed by atoms with Crippen LogP contribution < -0.4 is 4.74 Å². The highest BCUT2D eigenvalue weighted by Gasteiger charge is 2.25. The quantitative estimate of drug-likeness (QED) is 0.782. The van der Waals surface area contributed by atoms with Crippen molar-refractivity contribution in [3.8, 4) is 5.75 Å². The Bertz CT molecular complexity index is 721. The molecule has 0 spiro atoms. The third-order valence-corrected chi connectivity index (χ3v) is 4.31. The SMILES string of the molecule is CCC1=[N+](Cc2ccccc2F)CCc2cc(OC)ccc21. The predicted octanol–water partition coefficient (Wildman–Crippen LogP) is 3.80. The summed E-state index contributed by atoms with van der Waals surface area (Å²) < 4.78 is 21.5. The minimum Gasteiger partial charge on any atom is -0.497 e. The van der Waals surface area contributed by atoms with E-state index in [2.05, 4.69) is 23.6 Å². The fraction of sp³-hybridized carbons (Fsp3) is 0.316. The summed E-state index contributed by atoms with van der Waals surface area (Å²) in [5.74, 6) is 0.773. The van der Waals surface area contributed by atoms with Crippen molar-refractivity contribution in [1.29, 1.82) is 0 Å². The van der Waals surface area contributed by atoms with Crippen LogP contribution in [0.25, 0.3) is 0 Å². The van der Waals surface area contributed by atoms with Gasteiger partial charge in [-0.2, -0.15) is 0 Å². The molecule has 1 aliphatic heterocycles. The highest BCUT2D eigenvalue weighted by molar-refractivity contribution is 5.98. The molecule has 0 saturated carbocycles. The minimum absolute atomic E-state index is 0.126. The maximum Gasteiger partial charge on any atom is 0.183 e. The molecule has 0 amide bonds. The fourth-order valence-corrected chi connectivity index (χ4v) is 3.17. The van der Waals surface area contributed by atoms with Crippen LogP contribution in [-0.4, -0.2) is 23.9 Å². The third-order valence-electron chi connectivity index (χ3n) is 4.31. The van der Waals surface area contributed by atoms with Crippen LogP contribution >= 0.6 is 0 Å². The number of nitrogens with zero attached hydrogens (tertiary/aromatic N) is 1. The number of hydrogen-bond acceptors (Lipinski definition) is 1. The Kier molecular flexibility index (Phi) is 4.23. The van der Waals surface area contributed by atoms with Crippen LogP contribution in [0.15, 0.2) is 42.5 Å². The number of ether oxygens (including phenoxy) is 1. The maximum atomic E-state index is 13.9. The van der Waals surface area contributed by atoms with Gasteiger partial charge < -0.3 is 4.74 Å². The van der Waals surface area contributed by atoms with Gasteiger partial charge in [0.05, 0.1) is 12.7 Å². The first-order valence-electron chi connectivity index (χ1n) is 7.74. The van der Waals surface area contributed by atoms with E-state index in [1.165, 1.54) is 22.9 Å². The van der Waals surface area contributed by atoms with E-state index in [9.17, 15) is 4.39 Å². The Labute approximate surface area is 130 Å². The van der Waals surface area contributed by atoms with Crippen LogP contribution in [0.5, 0.6) is 5.75 Å². The van der Waals surface area contributed by atoms with Gasteiger partial charge in [0.15, 0.2) is 12.3 Å². The van der Waals surface area contributed by atoms with E-state index in [0.717, 1.165) is 30.7 Å². The van der Waals surface area contributed by atoms with Crippen LogP contribution in [0.2, 0.25) is 0 Å². The molecule has 0 atom stereocenters. The van der Waals surface area contributed by atoms with Gasteiger partial charge in [0.25, 0.3) is 0 Å². The second-order valence-electron chi connectivity index (χ2n) is 5.59. The molecule has 0 aromatic heterocycles. The molecule has 1 heterocycles. The number of halogens is 1. The summed E-state index contributed by atoms with van der Waals surface area (Å²) in [5, 5.41) is 0. The standard InChI is InChI=1S/C19H21FNO/c1-3-19-17-9-8-16(22-2)12-14(17)10-11-21(19)13-15-6-4-5-7-18(15)20/h4-9,12H,3,10-11,13H2,1-2H3/q+1. The Morgan fingerprint density at radius 1 is 1.18 bits per heavy atom. The highest BCUT2D eigenvalue weighted by atomic mass is 19.1. The van der Waals surface area contributed by atoms with E-state index in [1.54, 1.807) is 13.2 Å². The molecule has 1 aliphatic rings. The molecule has 0 N–H and O–H groups in total. The summed E-state index contributed by atoms with van der Waals surface area (Å²) in [4.78, 5) is 0. The summed E-state index contributed by atoms with van der Waals surface area (Å²) in [6.45, 7) is 3.70. The summed E-state index contributed by atoms with van der Waals surface area (Å²) in [7, 11) is 1.69. The monoisotopic (exact) mass is 298 g/mol. The van der Waals surface area contributed by atoms with Crippen molar-refractivity contribution in [2.24, 2.45) is 0 Å². The van der Waals surface area contributed by atoms with Gasteiger partial charge in [0.2, 0.25) is 0 Å². The third kappa shape index (κ3) is 2.76. The Hall–Kier alpha value is -2.16. The number of hydrogen-bond donors (Lipinski definition) is 0. The van der Waals surface area contributed by atoms with Crippen molar-refractivity contribution in [3.05, 3.63) is 65.0 Å². The molecule has 0 unspecified atom stereocenters. The van der Waals surface area contributed by atoms with E-state index >= 15 is 0 Å². The predicted molar refractivity (Wildman–Crippen MR) is 86.3 cm³/mol. The number of rotatable bonds is 4. The van der Waals surface area contributed by atoms with Gasteiger partial charge in [-0.3, -0.25) is 0 Å². The summed E-state index contributed by atoms with van der Waals surface area (Å²) in [6.07, 6.45) is 1.90. The van der Waals surface area contributed by atoms with Crippen LogP contribution in [-0.2, 0) is 13.0 Å². The van der Waals surface area contributed by atoms with Crippen molar-refractivity contribution in [1.82, 2.24) is 0 Å². The van der Waals surface area contributed by atoms with Crippen molar-refractivity contribution in [2.45, 2.75) is 26.3 Å². The molecule has 0 bridgehead atoms. The molecule has 2 aromatic rings. The van der Waals surface area contributed by atoms with Gasteiger partial charge in [-0.1, -0.05) is 19.1 Å². The van der Waals surface area contributed by atoms with Crippen molar-refractivity contribution < 1.29 is 13.7 Å². The van der Waals surface area contributed by atoms with E-state index < -0.39 is 0 Å². The maximum absolute atomic E-state index is 13.9. The molecule has 22 heavy (non-hydrogen) atoms. The molecule has 114 valence electrons. The Morgan fingerprint density at radius 2 is 2.00 bits per heavy atom. The van der Waals surface area contributed by atoms with E-state index in [0.29, 0.717) is 6.54 Å². The first-order chi connectivity index (χ1) is 10.7. The highest BCUT2D eigenvalue weighted by Crippen LogP contribution is 2.24. The number of methoxy groups -OCH3 is 1. The van der Waals surface area contributed by atoms with Crippen molar-refractivity contribution in [3.63, 3.8) is 0 Å². The van der Waals surface area contributed by atoms with Crippen molar-refractivity contribution >= 4 is 5.71 Å². The number of fused-ring (bicyclic) bond motifs is 1. The molecule has 0 fully saturated rings. The van der Waals surface area contributed by atoms with E-state index in [-0.39, 0.29) is 5.82 Å². The lowest BCUT2D eigenvalue weighted by Crippen LogP contribution is -2.29. The largest absolute Gasteiger partial charge is 0.497 e. The molecule has 0 saturated heterocycles. The molecule has 2 aromatic carbocycles. The first-order valence-corrected chi connectivity index (χ1v) is 7.74.